The molecule has 0 spiro atoms. The second-order valence-corrected chi connectivity index (χ2v) is 26.2. The number of phenols is 4. The SMILES string of the molecule is Cl.Cl.Clc1ccc(C(c2ccccc2Cl)C(Cl)Cl)cc1.Clc1ccc(C(c2ccccc2Cl)C(Cl)Cl)cc1.O=C1c2c(O)ccc(O)c2C(=O)c2c(NCCNCCO)ccc(NCCNCCO)c21.O=C1c2c(O)ccc(O)c2C(=O)c2c(NCCNCCO)ccc(NCCNCCO)c21. The number of alkyl halides is 4. The number of benzene rings is 8. The first-order valence-corrected chi connectivity index (χ1v) is 34.9. The molecule has 2 aliphatic rings. The van der Waals surface area contributed by atoms with Crippen LogP contribution >= 0.6 is 118 Å². The molecule has 30 heteroatoms. The van der Waals surface area contributed by atoms with Crippen molar-refractivity contribution in [2.24, 2.45) is 0 Å². The summed E-state index contributed by atoms with van der Waals surface area (Å²) in [6, 6.07) is 41.5. The standard InChI is InChI=1S/2C22H28N4O6.2C14H10Cl4.2ClH/c2*27-11-9-23-5-7-25-13-1-2-14(26-8-6-24-10-12-28)18-17(13)21(31)19-15(29)3-4-16(30)20(19)22(18)32;2*15-10-7-5-9(6-8-10)13(14(17)18)11-3-1-2-4-12(11)16;;/h2*1-4,23-30H,5-12H2;2*1-8,13-14H;2*1H. The van der Waals surface area contributed by atoms with Gasteiger partial charge in [0, 0.05) is 133 Å². The Labute approximate surface area is 643 Å². The molecule has 0 radical (unpaired) electrons. The smallest absolute Gasteiger partial charge is 0.200 e. The first-order valence-electron chi connectivity index (χ1n) is 31.6. The van der Waals surface area contributed by atoms with Crippen molar-refractivity contribution in [1.82, 2.24) is 21.3 Å². The molecule has 0 saturated heterocycles. The van der Waals surface area contributed by atoms with Gasteiger partial charge in [0.1, 0.15) is 32.7 Å². The predicted octanol–water partition coefficient (Wildman–Crippen LogP) is 12.4. The van der Waals surface area contributed by atoms with Crippen molar-refractivity contribution in [3.63, 3.8) is 0 Å². The lowest BCUT2D eigenvalue weighted by Crippen LogP contribution is -2.28. The largest absolute Gasteiger partial charge is 0.507 e. The Hall–Kier alpha value is -6.58. The van der Waals surface area contributed by atoms with E-state index in [0.29, 0.717) is 121 Å². The Morgan fingerprint density at radius 1 is 0.294 bits per heavy atom. The van der Waals surface area contributed by atoms with Crippen molar-refractivity contribution in [2.75, 3.05) is 126 Å². The Balaban J connectivity index is 0.000000252. The molecule has 2 unspecified atom stereocenters. The van der Waals surface area contributed by atoms with Gasteiger partial charge in [-0.05, 0) is 107 Å². The molecule has 2 atom stereocenters. The van der Waals surface area contributed by atoms with Gasteiger partial charge in [0.25, 0.3) is 0 Å². The van der Waals surface area contributed by atoms with Gasteiger partial charge in [0.15, 0.2) is 0 Å². The minimum absolute atomic E-state index is 0. The summed E-state index contributed by atoms with van der Waals surface area (Å²) < 4.78 is 0. The molecule has 0 fully saturated rings. The zero-order chi connectivity index (χ0) is 72.4. The molecule has 8 aromatic carbocycles. The molecule has 10 rings (SSSR count). The van der Waals surface area contributed by atoms with Crippen LogP contribution in [-0.4, -0.2) is 179 Å². The lowest BCUT2D eigenvalue weighted by Gasteiger charge is -2.25. The van der Waals surface area contributed by atoms with Crippen LogP contribution in [-0.2, 0) is 0 Å². The van der Waals surface area contributed by atoms with Gasteiger partial charge < -0.3 is 83.4 Å². The number of halogens is 10. The fourth-order valence-corrected chi connectivity index (χ4v) is 12.9. The molecule has 2 aliphatic carbocycles. The summed E-state index contributed by atoms with van der Waals surface area (Å²) in [6.45, 7) is 5.62. The van der Waals surface area contributed by atoms with Gasteiger partial charge in [-0.3, -0.25) is 19.2 Å². The number of aromatic hydroxyl groups is 4. The molecule has 0 aliphatic heterocycles. The normalized spacial score (nSPS) is 12.3. The van der Waals surface area contributed by atoms with Gasteiger partial charge in [0.2, 0.25) is 23.1 Å². The van der Waals surface area contributed by atoms with E-state index < -0.39 is 32.8 Å². The summed E-state index contributed by atoms with van der Waals surface area (Å²) in [5, 5.41) is 104. The predicted molar refractivity (Wildman–Crippen MR) is 415 cm³/mol. The number of fused-ring (bicyclic) bond motifs is 4. The van der Waals surface area contributed by atoms with Crippen LogP contribution in [0.15, 0.2) is 146 Å². The van der Waals surface area contributed by atoms with E-state index in [1.807, 2.05) is 97.1 Å². The first kappa shape index (κ1) is 86.1. The van der Waals surface area contributed by atoms with E-state index in [4.69, 9.17) is 113 Å². The highest BCUT2D eigenvalue weighted by Gasteiger charge is 2.40. The summed E-state index contributed by atoms with van der Waals surface area (Å²) in [7, 11) is 0. The van der Waals surface area contributed by atoms with E-state index >= 15 is 0 Å². The van der Waals surface area contributed by atoms with Gasteiger partial charge in [0.05, 0.1) is 70.9 Å². The zero-order valence-corrected chi connectivity index (χ0v) is 62.2. The number of hydrogen-bond donors (Lipinski definition) is 16. The molecule has 0 saturated carbocycles. The molecule has 102 heavy (non-hydrogen) atoms. The maximum Gasteiger partial charge on any atom is 0.200 e. The lowest BCUT2D eigenvalue weighted by molar-refractivity contribution is 0.0975. The highest BCUT2D eigenvalue weighted by atomic mass is 35.5. The number of hydrogen-bond acceptors (Lipinski definition) is 20. The van der Waals surface area contributed by atoms with Crippen LogP contribution in [0, 0.1) is 0 Å². The Morgan fingerprint density at radius 3 is 0.745 bits per heavy atom. The molecule has 8 aromatic rings. The molecule has 0 amide bonds. The number of ketones is 4. The fraction of sp³-hybridized carbons (Fsp3) is 0.278. The molecule has 0 bridgehead atoms. The molecule has 0 heterocycles. The number of aliphatic hydroxyl groups is 4. The summed E-state index contributed by atoms with van der Waals surface area (Å²) in [4.78, 5) is 52.3. The number of anilines is 4. The monoisotopic (exact) mass is 1600 g/mol. The van der Waals surface area contributed by atoms with Crippen LogP contribution in [0.2, 0.25) is 20.1 Å². The molecule has 548 valence electrons. The van der Waals surface area contributed by atoms with Crippen LogP contribution in [0.5, 0.6) is 23.0 Å². The second kappa shape index (κ2) is 43.6. The van der Waals surface area contributed by atoms with E-state index in [0.717, 1.165) is 22.3 Å². The van der Waals surface area contributed by atoms with Crippen molar-refractivity contribution in [2.45, 2.75) is 21.5 Å². The quantitative estimate of drug-likeness (QED) is 0.0113. The third-order valence-electron chi connectivity index (χ3n) is 15.6. The van der Waals surface area contributed by atoms with Crippen molar-refractivity contribution in [3.8, 4) is 23.0 Å². The van der Waals surface area contributed by atoms with Crippen LogP contribution in [0.3, 0.4) is 0 Å². The van der Waals surface area contributed by atoms with E-state index in [-0.39, 0.29) is 131 Å². The Kier molecular flexibility index (Phi) is 36.8. The molecule has 16 N–H and O–H groups in total. The highest BCUT2D eigenvalue weighted by molar-refractivity contribution is 6.46. The van der Waals surface area contributed by atoms with Crippen LogP contribution in [0.1, 0.15) is 97.8 Å². The van der Waals surface area contributed by atoms with Crippen molar-refractivity contribution in [3.05, 3.63) is 232 Å². The van der Waals surface area contributed by atoms with Gasteiger partial charge >= 0.3 is 0 Å². The van der Waals surface area contributed by atoms with E-state index in [1.54, 1.807) is 24.3 Å². The topological polar surface area (TPSA) is 326 Å². The minimum atomic E-state index is -0.578. The van der Waals surface area contributed by atoms with Crippen molar-refractivity contribution < 1.29 is 60.0 Å². The van der Waals surface area contributed by atoms with Crippen molar-refractivity contribution >= 4 is 164 Å². The third kappa shape index (κ3) is 22.7. The van der Waals surface area contributed by atoms with E-state index in [2.05, 4.69) is 42.5 Å². The zero-order valence-electron chi connectivity index (χ0n) is 54.5. The van der Waals surface area contributed by atoms with Crippen molar-refractivity contribution in [1.29, 1.82) is 0 Å². The summed E-state index contributed by atoms with van der Waals surface area (Å²) in [6.07, 6.45) is 0. The molecular formula is C72H78Cl10N8O12. The highest BCUT2D eigenvalue weighted by Crippen LogP contribution is 2.45. The van der Waals surface area contributed by atoms with E-state index in [9.17, 15) is 39.6 Å². The average Bonchev–Trinajstić information content (AvgIpc) is 0.738. The number of carbonyl (C=O) groups is 4. The first-order chi connectivity index (χ1) is 48.2. The summed E-state index contributed by atoms with van der Waals surface area (Å²) >= 11 is 48.6. The lowest BCUT2D eigenvalue weighted by atomic mass is 9.81. The number of carbonyl (C=O) groups excluding carboxylic acids is 4. The van der Waals surface area contributed by atoms with Gasteiger partial charge in [-0.15, -0.1) is 71.2 Å². The summed E-state index contributed by atoms with van der Waals surface area (Å²) in [5.41, 5.74) is 5.16. The maximum absolute atomic E-state index is 13.4. The maximum atomic E-state index is 13.4. The minimum Gasteiger partial charge on any atom is -0.507 e. The third-order valence-corrected chi connectivity index (χ3v) is 17.8. The average molecular weight is 1600 g/mol. The van der Waals surface area contributed by atoms with Gasteiger partial charge in [-0.2, -0.15) is 0 Å². The van der Waals surface area contributed by atoms with Crippen LogP contribution in [0.25, 0.3) is 0 Å². The molecule has 20 nitrogen and oxygen atoms in total. The number of phenolic OH excluding ortho intramolecular Hbond substituents is 4. The number of rotatable bonds is 30. The second-order valence-electron chi connectivity index (χ2n) is 22.2. The van der Waals surface area contributed by atoms with E-state index in [1.165, 1.54) is 24.3 Å². The molecular weight excluding hydrogens is 1520 g/mol. The molecule has 0 aromatic heterocycles. The van der Waals surface area contributed by atoms with Gasteiger partial charge in [-0.1, -0.05) is 107 Å². The van der Waals surface area contributed by atoms with Crippen LogP contribution < -0.4 is 42.5 Å². The Morgan fingerprint density at radius 2 is 0.529 bits per heavy atom. The number of aliphatic hydroxyl groups excluding tert-OH is 4. The Bertz CT molecular complexity index is 3660. The van der Waals surface area contributed by atoms with Crippen LogP contribution in [0.4, 0.5) is 22.7 Å². The number of nitrogens with one attached hydrogen (secondary N) is 8. The fourth-order valence-electron chi connectivity index (χ4n) is 11.0. The summed E-state index contributed by atoms with van der Waals surface area (Å²) in [5.74, 6) is -4.06. The van der Waals surface area contributed by atoms with Gasteiger partial charge in [-0.25, -0.2) is 0 Å².